The number of halogens is 4. The largest absolute Gasteiger partial charge is 0.328 e. The first-order chi connectivity index (χ1) is 8.38. The second-order valence-electron chi connectivity index (χ2n) is 4.94. The van der Waals surface area contributed by atoms with E-state index < -0.39 is 24.7 Å². The summed E-state index contributed by atoms with van der Waals surface area (Å²) in [5.41, 5.74) is 5.66. The summed E-state index contributed by atoms with van der Waals surface area (Å²) >= 11 is 0. The molecule has 5 atom stereocenters. The number of hydrogen-bond acceptors (Lipinski definition) is 1. The summed E-state index contributed by atoms with van der Waals surface area (Å²) in [4.78, 5) is 0. The van der Waals surface area contributed by atoms with Crippen LogP contribution in [0.25, 0.3) is 0 Å². The van der Waals surface area contributed by atoms with E-state index in [4.69, 9.17) is 5.73 Å². The van der Waals surface area contributed by atoms with Crippen LogP contribution in [0, 0.1) is 0 Å². The summed E-state index contributed by atoms with van der Waals surface area (Å²) < 4.78 is 52.2. The molecule has 0 aromatic carbocycles. The standard InChI is InChI=1S/C13H25F4N/c1-3-4-5-10(18)8-13(17)12(16)7-6-11(15)9(2)14/h9-13H,3-8,18H2,1-2H3. The van der Waals surface area contributed by atoms with E-state index in [1.807, 2.05) is 6.92 Å². The maximum absolute atomic E-state index is 13.5. The Bertz CT molecular complexity index is 201. The van der Waals surface area contributed by atoms with Crippen LogP contribution in [0.3, 0.4) is 0 Å². The third kappa shape index (κ3) is 7.90. The molecule has 0 aliphatic carbocycles. The van der Waals surface area contributed by atoms with Gasteiger partial charge in [-0.2, -0.15) is 0 Å². The summed E-state index contributed by atoms with van der Waals surface area (Å²) in [6.07, 6.45) is -4.92. The van der Waals surface area contributed by atoms with E-state index in [1.165, 1.54) is 0 Å². The van der Waals surface area contributed by atoms with Crippen LogP contribution in [-0.2, 0) is 0 Å². The van der Waals surface area contributed by atoms with Crippen molar-refractivity contribution in [3.8, 4) is 0 Å². The molecule has 0 aromatic heterocycles. The molecule has 0 heterocycles. The van der Waals surface area contributed by atoms with Crippen molar-refractivity contribution in [2.75, 3.05) is 0 Å². The van der Waals surface area contributed by atoms with E-state index in [2.05, 4.69) is 0 Å². The van der Waals surface area contributed by atoms with Gasteiger partial charge in [-0.25, -0.2) is 17.6 Å². The van der Waals surface area contributed by atoms with Gasteiger partial charge in [0.05, 0.1) is 0 Å². The van der Waals surface area contributed by atoms with Gasteiger partial charge in [0.25, 0.3) is 0 Å². The lowest BCUT2D eigenvalue weighted by atomic mass is 9.99. The lowest BCUT2D eigenvalue weighted by molar-refractivity contribution is 0.112. The quantitative estimate of drug-likeness (QED) is 0.596. The molecule has 1 nitrogen and oxygen atoms in total. The topological polar surface area (TPSA) is 26.0 Å². The number of unbranched alkanes of at least 4 members (excludes halogenated alkanes) is 1. The van der Waals surface area contributed by atoms with Gasteiger partial charge in [-0.05, 0) is 32.6 Å². The van der Waals surface area contributed by atoms with Crippen molar-refractivity contribution in [1.82, 2.24) is 0 Å². The lowest BCUT2D eigenvalue weighted by Crippen LogP contribution is -2.30. The Morgan fingerprint density at radius 3 is 1.94 bits per heavy atom. The number of nitrogens with two attached hydrogens (primary N) is 1. The highest BCUT2D eigenvalue weighted by atomic mass is 19.2. The molecule has 18 heavy (non-hydrogen) atoms. The fourth-order valence-corrected chi connectivity index (χ4v) is 1.75. The summed E-state index contributed by atoms with van der Waals surface area (Å²) in [7, 11) is 0. The molecular weight excluding hydrogens is 246 g/mol. The maximum atomic E-state index is 13.5. The molecule has 0 bridgehead atoms. The van der Waals surface area contributed by atoms with Crippen LogP contribution in [0.5, 0.6) is 0 Å². The molecule has 0 rings (SSSR count). The summed E-state index contributed by atoms with van der Waals surface area (Å²) in [6.45, 7) is 3.07. The van der Waals surface area contributed by atoms with Crippen molar-refractivity contribution < 1.29 is 17.6 Å². The second-order valence-corrected chi connectivity index (χ2v) is 4.94. The van der Waals surface area contributed by atoms with Gasteiger partial charge < -0.3 is 5.73 Å². The molecule has 2 N–H and O–H groups in total. The number of alkyl halides is 4. The Morgan fingerprint density at radius 2 is 1.44 bits per heavy atom. The zero-order valence-electron chi connectivity index (χ0n) is 11.2. The van der Waals surface area contributed by atoms with Gasteiger partial charge in [0, 0.05) is 6.04 Å². The maximum Gasteiger partial charge on any atom is 0.133 e. The smallest absolute Gasteiger partial charge is 0.133 e. The van der Waals surface area contributed by atoms with E-state index in [0.717, 1.165) is 19.8 Å². The van der Waals surface area contributed by atoms with E-state index in [0.29, 0.717) is 6.42 Å². The fourth-order valence-electron chi connectivity index (χ4n) is 1.75. The highest BCUT2D eigenvalue weighted by Crippen LogP contribution is 2.20. The van der Waals surface area contributed by atoms with Crippen molar-refractivity contribution >= 4 is 0 Å². The first kappa shape index (κ1) is 17.7. The highest BCUT2D eigenvalue weighted by Gasteiger charge is 2.25. The van der Waals surface area contributed by atoms with Gasteiger partial charge in [-0.3, -0.25) is 0 Å². The van der Waals surface area contributed by atoms with Crippen LogP contribution < -0.4 is 5.73 Å². The summed E-state index contributed by atoms with van der Waals surface area (Å²) in [6, 6.07) is -0.362. The van der Waals surface area contributed by atoms with Gasteiger partial charge in [0.2, 0.25) is 0 Å². The first-order valence-electron chi connectivity index (χ1n) is 6.70. The fraction of sp³-hybridized carbons (Fsp3) is 1.00. The summed E-state index contributed by atoms with van der Waals surface area (Å²) in [5, 5.41) is 0. The van der Waals surface area contributed by atoms with Gasteiger partial charge >= 0.3 is 0 Å². The summed E-state index contributed by atoms with van der Waals surface area (Å²) in [5.74, 6) is 0. The number of rotatable bonds is 10. The molecule has 0 fully saturated rings. The molecule has 5 heteroatoms. The SMILES string of the molecule is CCCCC(N)CC(F)C(F)CCC(F)C(C)F. The van der Waals surface area contributed by atoms with Crippen molar-refractivity contribution in [2.45, 2.75) is 83.1 Å². The van der Waals surface area contributed by atoms with E-state index in [1.54, 1.807) is 0 Å². The predicted molar refractivity (Wildman–Crippen MR) is 66.6 cm³/mol. The molecule has 0 spiro atoms. The van der Waals surface area contributed by atoms with Gasteiger partial charge in [-0.15, -0.1) is 0 Å². The third-order valence-corrected chi connectivity index (χ3v) is 3.07. The average Bonchev–Trinajstić information content (AvgIpc) is 2.32. The second kappa shape index (κ2) is 9.59. The molecule has 0 radical (unpaired) electrons. The molecule has 0 saturated carbocycles. The molecule has 0 amide bonds. The Labute approximate surface area is 107 Å². The van der Waals surface area contributed by atoms with Crippen LogP contribution in [0.2, 0.25) is 0 Å². The van der Waals surface area contributed by atoms with Crippen LogP contribution in [0.4, 0.5) is 17.6 Å². The molecule has 0 aliphatic heterocycles. The van der Waals surface area contributed by atoms with Gasteiger partial charge in [-0.1, -0.05) is 19.8 Å². The molecule has 0 aromatic rings. The lowest BCUT2D eigenvalue weighted by Gasteiger charge is -2.18. The normalized spacial score (nSPS) is 20.2. The van der Waals surface area contributed by atoms with E-state index >= 15 is 0 Å². The van der Waals surface area contributed by atoms with E-state index in [-0.39, 0.29) is 25.3 Å². The zero-order valence-corrected chi connectivity index (χ0v) is 11.2. The van der Waals surface area contributed by atoms with Crippen LogP contribution in [-0.4, -0.2) is 30.7 Å². The van der Waals surface area contributed by atoms with Crippen molar-refractivity contribution in [1.29, 1.82) is 0 Å². The van der Waals surface area contributed by atoms with Crippen LogP contribution >= 0.6 is 0 Å². The minimum atomic E-state index is -1.75. The molecule has 0 aliphatic rings. The molecule has 110 valence electrons. The van der Waals surface area contributed by atoms with E-state index in [9.17, 15) is 17.6 Å². The van der Waals surface area contributed by atoms with Crippen LogP contribution in [0.1, 0.15) is 52.4 Å². The average molecular weight is 271 g/mol. The third-order valence-electron chi connectivity index (χ3n) is 3.07. The molecule has 5 unspecified atom stereocenters. The first-order valence-corrected chi connectivity index (χ1v) is 6.70. The van der Waals surface area contributed by atoms with Gasteiger partial charge in [0.15, 0.2) is 0 Å². The van der Waals surface area contributed by atoms with Crippen LogP contribution in [0.15, 0.2) is 0 Å². The predicted octanol–water partition coefficient (Wildman–Crippen LogP) is 4.05. The Hall–Kier alpha value is -0.320. The Morgan fingerprint density at radius 1 is 0.889 bits per heavy atom. The van der Waals surface area contributed by atoms with Gasteiger partial charge in [0.1, 0.15) is 24.7 Å². The Balaban J connectivity index is 3.84. The number of hydrogen-bond donors (Lipinski definition) is 1. The minimum Gasteiger partial charge on any atom is -0.328 e. The molecule has 0 saturated heterocycles. The minimum absolute atomic E-state index is 0.0523. The van der Waals surface area contributed by atoms with Crippen molar-refractivity contribution in [3.05, 3.63) is 0 Å². The van der Waals surface area contributed by atoms with Crippen molar-refractivity contribution in [3.63, 3.8) is 0 Å². The van der Waals surface area contributed by atoms with Crippen molar-refractivity contribution in [2.24, 2.45) is 5.73 Å². The molecular formula is C13H25F4N. The highest BCUT2D eigenvalue weighted by molar-refractivity contribution is 4.76. The monoisotopic (exact) mass is 271 g/mol. The Kier molecular flexibility index (Phi) is 9.42. The zero-order chi connectivity index (χ0) is 14.1.